The first kappa shape index (κ1) is 32.6. The largest absolute Gasteiger partial charge is 0.309 e. The first-order valence-electron chi connectivity index (χ1n) is 20.0. The summed E-state index contributed by atoms with van der Waals surface area (Å²) in [5.74, 6) is 0. The molecular formula is C56H36N2. The second-order valence-electron chi connectivity index (χ2n) is 15.3. The van der Waals surface area contributed by atoms with E-state index in [2.05, 4.69) is 228 Å². The van der Waals surface area contributed by atoms with E-state index in [0.717, 1.165) is 5.69 Å². The number of hydrogen-bond acceptors (Lipinski definition) is 0. The first-order chi connectivity index (χ1) is 28.8. The zero-order valence-corrected chi connectivity index (χ0v) is 31.7. The van der Waals surface area contributed by atoms with Gasteiger partial charge in [-0.2, -0.15) is 0 Å². The van der Waals surface area contributed by atoms with E-state index in [1.54, 1.807) is 0 Å². The lowest BCUT2D eigenvalue weighted by Gasteiger charge is -2.18. The number of nitrogens with zero attached hydrogens (tertiary/aromatic N) is 2. The summed E-state index contributed by atoms with van der Waals surface area (Å²) in [6.07, 6.45) is 0. The summed E-state index contributed by atoms with van der Waals surface area (Å²) in [5, 5.41) is 10.0. The van der Waals surface area contributed by atoms with Crippen molar-refractivity contribution in [3.8, 4) is 44.8 Å². The standard InChI is InChI=1S/C56H36N2/c1-3-16-37(17-4-1)55-46-24-7-9-26-48(46)56(49-27-10-8-25-47(49)55)40-18-15-21-42(34-40)58-51-28-13-11-22-43(51)45-32-30-39(36-54(45)58)38-31-33-53-50(35-38)44-23-12-14-29-52(44)57(53)41-19-5-2-6-20-41/h1-36H. The molecule has 12 rings (SSSR count). The molecule has 2 heteroatoms. The molecule has 0 spiro atoms. The molecule has 2 heterocycles. The van der Waals surface area contributed by atoms with Crippen molar-refractivity contribution in [1.82, 2.24) is 9.13 Å². The Labute approximate surface area is 336 Å². The van der Waals surface area contributed by atoms with Gasteiger partial charge in [0.25, 0.3) is 0 Å². The van der Waals surface area contributed by atoms with Crippen molar-refractivity contribution in [2.75, 3.05) is 0 Å². The van der Waals surface area contributed by atoms with Gasteiger partial charge in [-0.05, 0) is 110 Å². The molecule has 0 aliphatic heterocycles. The number of hydrogen-bond donors (Lipinski definition) is 0. The zero-order valence-electron chi connectivity index (χ0n) is 31.7. The Morgan fingerprint density at radius 2 is 0.638 bits per heavy atom. The van der Waals surface area contributed by atoms with E-state index in [1.807, 2.05) is 0 Å². The van der Waals surface area contributed by atoms with Gasteiger partial charge < -0.3 is 9.13 Å². The quantitative estimate of drug-likeness (QED) is 0.156. The average Bonchev–Trinajstić information content (AvgIpc) is 3.81. The highest BCUT2D eigenvalue weighted by molar-refractivity contribution is 6.21. The predicted molar refractivity (Wildman–Crippen MR) is 246 cm³/mol. The Kier molecular flexibility index (Phi) is 7.26. The number of para-hydroxylation sites is 3. The van der Waals surface area contributed by atoms with E-state index in [4.69, 9.17) is 0 Å². The lowest BCUT2D eigenvalue weighted by molar-refractivity contribution is 1.18. The molecular weight excluding hydrogens is 701 g/mol. The number of benzene rings is 10. The van der Waals surface area contributed by atoms with Gasteiger partial charge in [-0.1, -0.05) is 164 Å². The molecule has 10 aromatic carbocycles. The van der Waals surface area contributed by atoms with Gasteiger partial charge in [-0.3, -0.25) is 0 Å². The molecule has 270 valence electrons. The minimum atomic E-state index is 1.14. The van der Waals surface area contributed by atoms with Crippen LogP contribution >= 0.6 is 0 Å². The minimum Gasteiger partial charge on any atom is -0.309 e. The number of fused-ring (bicyclic) bond motifs is 8. The Morgan fingerprint density at radius 3 is 1.29 bits per heavy atom. The van der Waals surface area contributed by atoms with Gasteiger partial charge in [0.1, 0.15) is 0 Å². The van der Waals surface area contributed by atoms with Crippen molar-refractivity contribution in [1.29, 1.82) is 0 Å². The van der Waals surface area contributed by atoms with Crippen molar-refractivity contribution >= 4 is 65.2 Å². The summed E-state index contributed by atoms with van der Waals surface area (Å²) in [5.41, 5.74) is 14.5. The molecule has 0 unspecified atom stereocenters. The molecule has 2 nitrogen and oxygen atoms in total. The van der Waals surface area contributed by atoms with Crippen molar-refractivity contribution in [3.63, 3.8) is 0 Å². The highest BCUT2D eigenvalue weighted by Crippen LogP contribution is 2.45. The van der Waals surface area contributed by atoms with Gasteiger partial charge in [-0.25, -0.2) is 0 Å². The fourth-order valence-corrected chi connectivity index (χ4v) is 9.59. The highest BCUT2D eigenvalue weighted by atomic mass is 15.0. The molecule has 0 fully saturated rings. The van der Waals surface area contributed by atoms with E-state index < -0.39 is 0 Å². The van der Waals surface area contributed by atoms with Gasteiger partial charge in [0, 0.05) is 32.9 Å². The molecule has 58 heavy (non-hydrogen) atoms. The second kappa shape index (κ2) is 12.9. The smallest absolute Gasteiger partial charge is 0.0547 e. The normalized spacial score (nSPS) is 11.8. The third kappa shape index (κ3) is 4.92. The third-order valence-corrected chi connectivity index (χ3v) is 12.1. The van der Waals surface area contributed by atoms with E-state index in [9.17, 15) is 0 Å². The van der Waals surface area contributed by atoms with Gasteiger partial charge in [-0.15, -0.1) is 0 Å². The van der Waals surface area contributed by atoms with Gasteiger partial charge in [0.15, 0.2) is 0 Å². The van der Waals surface area contributed by atoms with E-state index >= 15 is 0 Å². The molecule has 0 bridgehead atoms. The fraction of sp³-hybridized carbons (Fsp3) is 0. The van der Waals surface area contributed by atoms with Crippen LogP contribution in [0.25, 0.3) is 110 Å². The molecule has 0 aliphatic rings. The van der Waals surface area contributed by atoms with Crippen LogP contribution in [0.5, 0.6) is 0 Å². The van der Waals surface area contributed by atoms with Crippen molar-refractivity contribution in [2.45, 2.75) is 0 Å². The highest BCUT2D eigenvalue weighted by Gasteiger charge is 2.19. The molecule has 0 saturated heterocycles. The molecule has 0 amide bonds. The maximum Gasteiger partial charge on any atom is 0.0547 e. The third-order valence-electron chi connectivity index (χ3n) is 12.1. The van der Waals surface area contributed by atoms with Crippen LogP contribution in [0, 0.1) is 0 Å². The first-order valence-corrected chi connectivity index (χ1v) is 20.0. The van der Waals surface area contributed by atoms with E-state index in [1.165, 1.54) is 104 Å². The van der Waals surface area contributed by atoms with Crippen LogP contribution in [0.4, 0.5) is 0 Å². The Balaban J connectivity index is 1.06. The minimum absolute atomic E-state index is 1.14. The van der Waals surface area contributed by atoms with Crippen LogP contribution in [-0.2, 0) is 0 Å². The monoisotopic (exact) mass is 736 g/mol. The van der Waals surface area contributed by atoms with Gasteiger partial charge in [0.2, 0.25) is 0 Å². The SMILES string of the molecule is c1ccc(-c2c3ccccc3c(-c3cccc(-n4c5ccccc5c5ccc(-c6ccc7c(c6)c6ccccc6n7-c6ccccc6)cc54)c3)c3ccccc23)cc1. The molecule has 0 saturated carbocycles. The average molecular weight is 737 g/mol. The van der Waals surface area contributed by atoms with Crippen molar-refractivity contribution in [2.24, 2.45) is 0 Å². The number of aromatic nitrogens is 2. The summed E-state index contributed by atoms with van der Waals surface area (Å²) >= 11 is 0. The van der Waals surface area contributed by atoms with Crippen LogP contribution in [0.1, 0.15) is 0 Å². The fourth-order valence-electron chi connectivity index (χ4n) is 9.59. The summed E-state index contributed by atoms with van der Waals surface area (Å²) in [7, 11) is 0. The topological polar surface area (TPSA) is 9.86 Å². The van der Waals surface area contributed by atoms with Crippen molar-refractivity contribution in [3.05, 3.63) is 218 Å². The summed E-state index contributed by atoms with van der Waals surface area (Å²) in [6, 6.07) is 80.0. The molecule has 0 atom stereocenters. The maximum absolute atomic E-state index is 2.46. The van der Waals surface area contributed by atoms with E-state index in [0.29, 0.717) is 0 Å². The number of rotatable bonds is 5. The van der Waals surface area contributed by atoms with Crippen LogP contribution in [-0.4, -0.2) is 9.13 Å². The Bertz CT molecular complexity index is 3490. The molecule has 0 radical (unpaired) electrons. The van der Waals surface area contributed by atoms with Crippen LogP contribution in [0.15, 0.2) is 218 Å². The summed E-state index contributed by atoms with van der Waals surface area (Å²) in [4.78, 5) is 0. The van der Waals surface area contributed by atoms with Gasteiger partial charge >= 0.3 is 0 Å². The molecule has 2 aromatic heterocycles. The lowest BCUT2D eigenvalue weighted by Crippen LogP contribution is -1.96. The molecule has 12 aromatic rings. The Morgan fingerprint density at radius 1 is 0.207 bits per heavy atom. The van der Waals surface area contributed by atoms with Crippen LogP contribution in [0.3, 0.4) is 0 Å². The molecule has 0 aliphatic carbocycles. The lowest BCUT2D eigenvalue weighted by atomic mass is 9.86. The zero-order chi connectivity index (χ0) is 38.2. The van der Waals surface area contributed by atoms with Crippen LogP contribution in [0.2, 0.25) is 0 Å². The Hall–Kier alpha value is -7.68. The van der Waals surface area contributed by atoms with Crippen molar-refractivity contribution < 1.29 is 0 Å². The van der Waals surface area contributed by atoms with Gasteiger partial charge in [0.05, 0.1) is 22.1 Å². The predicted octanol–water partition coefficient (Wildman–Crippen LogP) is 15.2. The second-order valence-corrected chi connectivity index (χ2v) is 15.3. The molecule has 0 N–H and O–H groups in total. The van der Waals surface area contributed by atoms with Crippen LogP contribution < -0.4 is 0 Å². The van der Waals surface area contributed by atoms with E-state index in [-0.39, 0.29) is 0 Å². The summed E-state index contributed by atoms with van der Waals surface area (Å²) in [6.45, 7) is 0. The summed E-state index contributed by atoms with van der Waals surface area (Å²) < 4.78 is 4.84. The maximum atomic E-state index is 2.46.